The number of methoxy groups -OCH3 is 1. The Bertz CT molecular complexity index is 1070. The molecule has 0 atom stereocenters. The molecular formula is C20H18FN3O2. The van der Waals surface area contributed by atoms with E-state index in [1.807, 2.05) is 6.07 Å². The fourth-order valence-electron chi connectivity index (χ4n) is 3.14. The lowest BCUT2D eigenvalue weighted by molar-refractivity contribution is 0.386. The van der Waals surface area contributed by atoms with Crippen molar-refractivity contribution in [1.29, 1.82) is 0 Å². The Morgan fingerprint density at radius 2 is 2.04 bits per heavy atom. The van der Waals surface area contributed by atoms with Crippen LogP contribution in [0.3, 0.4) is 0 Å². The summed E-state index contributed by atoms with van der Waals surface area (Å²) in [5.74, 6) is -0.253. The third kappa shape index (κ3) is 2.99. The van der Waals surface area contributed by atoms with Gasteiger partial charge in [-0.2, -0.15) is 0 Å². The maximum Gasteiger partial charge on any atom is 0.258 e. The van der Waals surface area contributed by atoms with Gasteiger partial charge in [0.2, 0.25) is 0 Å². The molecule has 0 saturated heterocycles. The predicted molar refractivity (Wildman–Crippen MR) is 98.9 cm³/mol. The molecule has 3 aromatic rings. The molecular weight excluding hydrogens is 333 g/mol. The van der Waals surface area contributed by atoms with Gasteiger partial charge in [0, 0.05) is 18.8 Å². The first-order chi connectivity index (χ1) is 12.7. The normalized spacial score (nSPS) is 14.3. The second kappa shape index (κ2) is 6.72. The van der Waals surface area contributed by atoms with Crippen LogP contribution in [-0.2, 0) is 0 Å². The third-order valence-electron chi connectivity index (χ3n) is 4.54. The monoisotopic (exact) mass is 351 g/mol. The molecule has 1 aliphatic rings. The van der Waals surface area contributed by atoms with E-state index in [4.69, 9.17) is 4.74 Å². The molecule has 4 rings (SSSR count). The molecule has 0 unspecified atom stereocenters. The summed E-state index contributed by atoms with van der Waals surface area (Å²) in [6.07, 6.45) is 4.61. The van der Waals surface area contributed by atoms with E-state index in [1.165, 1.54) is 17.6 Å². The minimum Gasteiger partial charge on any atom is -0.494 e. The number of nitrogens with one attached hydrogen (secondary N) is 1. The van der Waals surface area contributed by atoms with E-state index >= 15 is 0 Å². The van der Waals surface area contributed by atoms with Gasteiger partial charge < -0.3 is 10.1 Å². The van der Waals surface area contributed by atoms with Gasteiger partial charge in [0.25, 0.3) is 5.56 Å². The minimum atomic E-state index is -0.441. The van der Waals surface area contributed by atoms with Crippen molar-refractivity contribution < 1.29 is 9.13 Å². The van der Waals surface area contributed by atoms with Gasteiger partial charge in [0.1, 0.15) is 5.65 Å². The highest BCUT2D eigenvalue weighted by molar-refractivity contribution is 5.68. The van der Waals surface area contributed by atoms with Gasteiger partial charge in [-0.25, -0.2) is 9.37 Å². The lowest BCUT2D eigenvalue weighted by atomic mass is 10.1. The van der Waals surface area contributed by atoms with Crippen LogP contribution in [0.4, 0.5) is 4.39 Å². The molecule has 5 nitrogen and oxygen atoms in total. The third-order valence-corrected chi connectivity index (χ3v) is 4.54. The molecule has 1 aromatic carbocycles. The Hall–Kier alpha value is -2.99. The van der Waals surface area contributed by atoms with Gasteiger partial charge in [-0.3, -0.25) is 9.20 Å². The largest absolute Gasteiger partial charge is 0.494 e. The molecule has 0 amide bonds. The Morgan fingerprint density at radius 3 is 2.77 bits per heavy atom. The van der Waals surface area contributed by atoms with Gasteiger partial charge >= 0.3 is 0 Å². The molecule has 1 aliphatic heterocycles. The molecule has 3 heterocycles. The summed E-state index contributed by atoms with van der Waals surface area (Å²) in [4.78, 5) is 17.2. The van der Waals surface area contributed by atoms with E-state index in [0.717, 1.165) is 36.3 Å². The highest BCUT2D eigenvalue weighted by Gasteiger charge is 2.11. The molecule has 0 fully saturated rings. The van der Waals surface area contributed by atoms with E-state index < -0.39 is 5.82 Å². The van der Waals surface area contributed by atoms with Crippen molar-refractivity contribution in [1.82, 2.24) is 14.7 Å². The first-order valence-electron chi connectivity index (χ1n) is 8.43. The highest BCUT2D eigenvalue weighted by atomic mass is 19.1. The second-order valence-electron chi connectivity index (χ2n) is 6.16. The number of hydrogen-bond acceptors (Lipinski definition) is 4. The van der Waals surface area contributed by atoms with E-state index in [0.29, 0.717) is 11.2 Å². The van der Waals surface area contributed by atoms with Crippen LogP contribution in [0.2, 0.25) is 0 Å². The fraction of sp³-hybridized carbons (Fsp3) is 0.200. The number of aromatic nitrogens is 2. The molecule has 0 aliphatic carbocycles. The Labute approximate surface area is 149 Å². The number of hydrogen-bond donors (Lipinski definition) is 1. The number of halogens is 1. The van der Waals surface area contributed by atoms with Crippen molar-refractivity contribution >= 4 is 11.2 Å². The summed E-state index contributed by atoms with van der Waals surface area (Å²) in [5, 5.41) is 3.25. The van der Waals surface area contributed by atoms with Crippen molar-refractivity contribution in [3.8, 4) is 16.9 Å². The van der Waals surface area contributed by atoms with E-state index in [-0.39, 0.29) is 11.3 Å². The Balaban J connectivity index is 1.78. The summed E-state index contributed by atoms with van der Waals surface area (Å²) in [5.41, 5.74) is 3.63. The van der Waals surface area contributed by atoms with Crippen LogP contribution < -0.4 is 15.6 Å². The van der Waals surface area contributed by atoms with Crippen LogP contribution in [0.5, 0.6) is 5.75 Å². The lowest BCUT2D eigenvalue weighted by Gasteiger charge is -2.14. The van der Waals surface area contributed by atoms with Gasteiger partial charge in [0.15, 0.2) is 11.6 Å². The molecule has 26 heavy (non-hydrogen) atoms. The van der Waals surface area contributed by atoms with E-state index in [9.17, 15) is 9.18 Å². The van der Waals surface area contributed by atoms with E-state index in [2.05, 4.69) is 16.4 Å². The van der Waals surface area contributed by atoms with Gasteiger partial charge in [-0.1, -0.05) is 12.1 Å². The second-order valence-corrected chi connectivity index (χ2v) is 6.16. The highest BCUT2D eigenvalue weighted by Crippen LogP contribution is 2.26. The van der Waals surface area contributed by atoms with Crippen molar-refractivity contribution in [2.24, 2.45) is 0 Å². The zero-order valence-corrected chi connectivity index (χ0v) is 14.3. The summed E-state index contributed by atoms with van der Waals surface area (Å²) in [6.45, 7) is 1.67. The van der Waals surface area contributed by atoms with Gasteiger partial charge in [0.05, 0.1) is 12.8 Å². The van der Waals surface area contributed by atoms with Gasteiger partial charge in [-0.05, 0) is 53.9 Å². The molecule has 132 valence electrons. The van der Waals surface area contributed by atoms with Crippen molar-refractivity contribution in [3.63, 3.8) is 0 Å². The molecule has 0 spiro atoms. The van der Waals surface area contributed by atoms with Crippen molar-refractivity contribution in [2.45, 2.75) is 6.42 Å². The number of benzene rings is 1. The fourth-order valence-corrected chi connectivity index (χ4v) is 3.14. The summed E-state index contributed by atoms with van der Waals surface area (Å²) in [7, 11) is 1.43. The van der Waals surface area contributed by atoms with Crippen LogP contribution in [0.15, 0.2) is 53.5 Å². The summed E-state index contributed by atoms with van der Waals surface area (Å²) < 4.78 is 20.4. The lowest BCUT2D eigenvalue weighted by Crippen LogP contribution is -2.22. The molecule has 0 radical (unpaired) electrons. The predicted octanol–water partition coefficient (Wildman–Crippen LogP) is 2.89. The van der Waals surface area contributed by atoms with Crippen LogP contribution in [0, 0.1) is 5.82 Å². The first kappa shape index (κ1) is 16.5. The Morgan fingerprint density at radius 1 is 1.19 bits per heavy atom. The number of ether oxygens (including phenoxy) is 1. The summed E-state index contributed by atoms with van der Waals surface area (Å²) in [6, 6.07) is 9.90. The zero-order valence-electron chi connectivity index (χ0n) is 14.3. The zero-order chi connectivity index (χ0) is 18.1. The molecule has 2 aromatic heterocycles. The minimum absolute atomic E-state index is 0.153. The maximum absolute atomic E-state index is 14.0. The van der Waals surface area contributed by atoms with Crippen molar-refractivity contribution in [2.75, 3.05) is 20.2 Å². The SMILES string of the molecule is COc1ccc(-c2ccc3nc(C4=CCNCC4)cc(=O)n3c2)cc1F. The van der Waals surface area contributed by atoms with Crippen LogP contribution in [0.25, 0.3) is 22.3 Å². The van der Waals surface area contributed by atoms with Crippen LogP contribution in [0.1, 0.15) is 12.1 Å². The van der Waals surface area contributed by atoms with Crippen LogP contribution >= 0.6 is 0 Å². The first-order valence-corrected chi connectivity index (χ1v) is 8.43. The maximum atomic E-state index is 14.0. The van der Waals surface area contributed by atoms with Crippen LogP contribution in [-0.4, -0.2) is 29.6 Å². The quantitative estimate of drug-likeness (QED) is 0.788. The number of nitrogens with zero attached hydrogens (tertiary/aromatic N) is 2. The average Bonchev–Trinajstić information content (AvgIpc) is 2.68. The molecule has 0 bridgehead atoms. The molecule has 6 heteroatoms. The Kier molecular flexibility index (Phi) is 4.26. The number of pyridine rings is 1. The van der Waals surface area contributed by atoms with Gasteiger partial charge in [-0.15, -0.1) is 0 Å². The van der Waals surface area contributed by atoms with Crippen molar-refractivity contribution in [3.05, 3.63) is 70.5 Å². The molecule has 1 N–H and O–H groups in total. The average molecular weight is 351 g/mol. The number of fused-ring (bicyclic) bond motifs is 1. The standard InChI is InChI=1S/C20H18FN3O2/c1-26-18-4-2-14(10-16(18)21)15-3-5-19-23-17(11-20(25)24(19)12-15)13-6-8-22-9-7-13/h2-6,10-12,22H,7-9H2,1H3. The molecule has 0 saturated carbocycles. The smallest absolute Gasteiger partial charge is 0.258 e. The number of rotatable bonds is 3. The van der Waals surface area contributed by atoms with E-state index in [1.54, 1.807) is 30.5 Å². The topological polar surface area (TPSA) is 55.6 Å². The summed E-state index contributed by atoms with van der Waals surface area (Å²) >= 11 is 0.